The molecule has 0 aromatic heterocycles. The fourth-order valence-corrected chi connectivity index (χ4v) is 2.82. The summed E-state index contributed by atoms with van der Waals surface area (Å²) in [4.78, 5) is 12.4. The number of morpholine rings is 1. The molecule has 2 aromatic rings. The van der Waals surface area contributed by atoms with Gasteiger partial charge < -0.3 is 14.8 Å². The van der Waals surface area contributed by atoms with Crippen LogP contribution in [0.5, 0.6) is 5.75 Å². The van der Waals surface area contributed by atoms with E-state index in [1.807, 2.05) is 43.3 Å². The van der Waals surface area contributed by atoms with Crippen molar-refractivity contribution in [3.63, 3.8) is 0 Å². The van der Waals surface area contributed by atoms with Crippen LogP contribution in [0.4, 0.5) is 0 Å². The number of hydrogen-bond acceptors (Lipinski definition) is 4. The van der Waals surface area contributed by atoms with Crippen LogP contribution in [0, 0.1) is 0 Å². The molecule has 0 aliphatic carbocycles. The molecule has 3 rings (SSSR count). The number of ketones is 1. The minimum Gasteiger partial charge on any atom is -0.494 e. The Morgan fingerprint density at radius 2 is 1.92 bits per heavy atom. The van der Waals surface area contributed by atoms with E-state index >= 15 is 0 Å². The maximum absolute atomic E-state index is 12.4. The third kappa shape index (κ3) is 4.22. The van der Waals surface area contributed by atoms with Crippen LogP contribution in [0.1, 0.15) is 34.5 Å². The fraction of sp³-hybridized carbons (Fsp3) is 0.350. The monoisotopic (exact) mass is 325 g/mol. The van der Waals surface area contributed by atoms with Crippen molar-refractivity contribution in [3.05, 3.63) is 65.2 Å². The normalized spacial score (nSPS) is 17.5. The molecule has 126 valence electrons. The summed E-state index contributed by atoms with van der Waals surface area (Å²) >= 11 is 0. The van der Waals surface area contributed by atoms with Gasteiger partial charge in [-0.05, 0) is 42.3 Å². The molecule has 1 fully saturated rings. The van der Waals surface area contributed by atoms with Crippen LogP contribution >= 0.6 is 0 Å². The Bertz CT molecular complexity index is 658. The molecule has 1 heterocycles. The number of carbonyl (C=O) groups excluding carboxylic acids is 1. The number of ether oxygens (including phenoxy) is 2. The Balaban J connectivity index is 1.61. The van der Waals surface area contributed by atoms with Crippen LogP contribution in [0.2, 0.25) is 0 Å². The van der Waals surface area contributed by atoms with Gasteiger partial charge in [-0.2, -0.15) is 0 Å². The minimum atomic E-state index is 0.106. The van der Waals surface area contributed by atoms with Crippen LogP contribution in [0.25, 0.3) is 0 Å². The van der Waals surface area contributed by atoms with Gasteiger partial charge >= 0.3 is 0 Å². The van der Waals surface area contributed by atoms with Crippen molar-refractivity contribution in [1.29, 1.82) is 0 Å². The van der Waals surface area contributed by atoms with Crippen LogP contribution < -0.4 is 10.1 Å². The van der Waals surface area contributed by atoms with Crippen molar-refractivity contribution in [2.75, 3.05) is 26.3 Å². The van der Waals surface area contributed by atoms with E-state index in [2.05, 4.69) is 17.4 Å². The highest BCUT2D eigenvalue weighted by Crippen LogP contribution is 2.20. The molecule has 24 heavy (non-hydrogen) atoms. The lowest BCUT2D eigenvalue weighted by Gasteiger charge is -2.24. The van der Waals surface area contributed by atoms with Crippen molar-refractivity contribution >= 4 is 5.78 Å². The molecule has 4 heteroatoms. The Labute approximate surface area is 142 Å². The Morgan fingerprint density at radius 1 is 1.17 bits per heavy atom. The highest BCUT2D eigenvalue weighted by Gasteiger charge is 2.15. The third-order valence-electron chi connectivity index (χ3n) is 4.13. The second-order valence-electron chi connectivity index (χ2n) is 5.86. The number of Topliss-reactive ketones (excluding diaryl/α,β-unsaturated/α-hetero) is 1. The Hall–Kier alpha value is -2.17. The summed E-state index contributed by atoms with van der Waals surface area (Å²) in [5.41, 5.74) is 2.88. The van der Waals surface area contributed by atoms with E-state index in [1.165, 1.54) is 0 Å². The lowest BCUT2D eigenvalue weighted by molar-refractivity contribution is 0.0277. The summed E-state index contributed by atoms with van der Waals surface area (Å²) in [5, 5.41) is 3.33. The van der Waals surface area contributed by atoms with Crippen molar-refractivity contribution < 1.29 is 14.3 Å². The van der Waals surface area contributed by atoms with Crippen molar-refractivity contribution in [3.8, 4) is 5.75 Å². The van der Waals surface area contributed by atoms with Gasteiger partial charge in [0, 0.05) is 25.1 Å². The Kier molecular flexibility index (Phi) is 5.62. The van der Waals surface area contributed by atoms with Gasteiger partial charge in [0.25, 0.3) is 0 Å². The molecular weight excluding hydrogens is 302 g/mol. The maximum Gasteiger partial charge on any atom is 0.167 e. The lowest BCUT2D eigenvalue weighted by atomic mass is 10.0. The second kappa shape index (κ2) is 8.08. The maximum atomic E-state index is 12.4. The highest BCUT2D eigenvalue weighted by molar-refractivity contribution is 5.97. The first-order valence-corrected chi connectivity index (χ1v) is 8.43. The smallest absolute Gasteiger partial charge is 0.167 e. The molecule has 0 bridgehead atoms. The number of hydrogen-bond donors (Lipinski definition) is 1. The van der Waals surface area contributed by atoms with Gasteiger partial charge in [-0.25, -0.2) is 0 Å². The zero-order valence-corrected chi connectivity index (χ0v) is 14.0. The summed E-state index contributed by atoms with van der Waals surface area (Å²) in [6.45, 7) is 5.05. The number of rotatable bonds is 6. The van der Waals surface area contributed by atoms with E-state index in [0.717, 1.165) is 36.6 Å². The van der Waals surface area contributed by atoms with E-state index in [1.54, 1.807) is 0 Å². The standard InChI is InChI=1S/C20H23NO3/c1-2-23-18-9-7-16(8-10-18)19(22)13-15-3-5-17(6-4-15)20-14-21-11-12-24-20/h3-10,20-21H,2,11-14H2,1H3/t20-/m0/s1. The minimum absolute atomic E-state index is 0.106. The predicted molar refractivity (Wildman–Crippen MR) is 93.7 cm³/mol. The van der Waals surface area contributed by atoms with Crippen LogP contribution in [0.15, 0.2) is 48.5 Å². The first-order chi connectivity index (χ1) is 11.8. The fourth-order valence-electron chi connectivity index (χ4n) is 2.82. The van der Waals surface area contributed by atoms with Crippen molar-refractivity contribution in [2.45, 2.75) is 19.4 Å². The van der Waals surface area contributed by atoms with Gasteiger partial charge in [-0.1, -0.05) is 24.3 Å². The van der Waals surface area contributed by atoms with Crippen molar-refractivity contribution in [1.82, 2.24) is 5.32 Å². The molecule has 1 saturated heterocycles. The molecule has 1 aliphatic rings. The summed E-state index contributed by atoms with van der Waals surface area (Å²) in [5.74, 6) is 0.904. The summed E-state index contributed by atoms with van der Waals surface area (Å²) < 4.78 is 11.1. The summed E-state index contributed by atoms with van der Waals surface area (Å²) in [6.07, 6.45) is 0.507. The van der Waals surface area contributed by atoms with Crippen LogP contribution in [0.3, 0.4) is 0 Å². The zero-order chi connectivity index (χ0) is 16.8. The molecule has 0 radical (unpaired) electrons. The molecule has 1 atom stereocenters. The molecule has 0 spiro atoms. The van der Waals surface area contributed by atoms with E-state index in [9.17, 15) is 4.79 Å². The van der Waals surface area contributed by atoms with Gasteiger partial charge in [0.1, 0.15) is 5.75 Å². The topological polar surface area (TPSA) is 47.6 Å². The zero-order valence-electron chi connectivity index (χ0n) is 14.0. The molecule has 2 aromatic carbocycles. The summed E-state index contributed by atoms with van der Waals surface area (Å²) in [6, 6.07) is 15.5. The van der Waals surface area contributed by atoms with Gasteiger partial charge in [0.2, 0.25) is 0 Å². The average Bonchev–Trinajstić information content (AvgIpc) is 2.64. The van der Waals surface area contributed by atoms with E-state index in [-0.39, 0.29) is 11.9 Å². The SMILES string of the molecule is CCOc1ccc(C(=O)Cc2ccc([C@@H]3CNCCO3)cc2)cc1. The first-order valence-electron chi connectivity index (χ1n) is 8.43. The van der Waals surface area contributed by atoms with E-state index in [0.29, 0.717) is 18.6 Å². The molecule has 4 nitrogen and oxygen atoms in total. The van der Waals surface area contributed by atoms with Gasteiger partial charge in [-0.3, -0.25) is 4.79 Å². The van der Waals surface area contributed by atoms with Crippen LogP contribution in [-0.2, 0) is 11.2 Å². The average molecular weight is 325 g/mol. The molecule has 0 amide bonds. The van der Waals surface area contributed by atoms with Gasteiger partial charge in [0.05, 0.1) is 19.3 Å². The Morgan fingerprint density at radius 3 is 2.54 bits per heavy atom. The molecule has 1 aliphatic heterocycles. The number of nitrogens with one attached hydrogen (secondary N) is 1. The van der Waals surface area contributed by atoms with E-state index < -0.39 is 0 Å². The van der Waals surface area contributed by atoms with Gasteiger partial charge in [-0.15, -0.1) is 0 Å². The van der Waals surface area contributed by atoms with Gasteiger partial charge in [0.15, 0.2) is 5.78 Å². The lowest BCUT2D eigenvalue weighted by Crippen LogP contribution is -2.33. The highest BCUT2D eigenvalue weighted by atomic mass is 16.5. The van der Waals surface area contributed by atoms with E-state index in [4.69, 9.17) is 9.47 Å². The quantitative estimate of drug-likeness (QED) is 0.829. The molecule has 1 N–H and O–H groups in total. The van der Waals surface area contributed by atoms with Crippen molar-refractivity contribution in [2.24, 2.45) is 0 Å². The first kappa shape index (κ1) is 16.7. The molecule has 0 saturated carbocycles. The molecule has 0 unspecified atom stereocenters. The second-order valence-corrected chi connectivity index (χ2v) is 5.86. The number of carbonyl (C=O) groups is 1. The predicted octanol–water partition coefficient (Wildman–Crippen LogP) is 3.17. The number of benzene rings is 2. The summed E-state index contributed by atoms with van der Waals surface area (Å²) in [7, 11) is 0. The molecular formula is C20H23NO3. The third-order valence-corrected chi connectivity index (χ3v) is 4.13. The largest absolute Gasteiger partial charge is 0.494 e. The van der Waals surface area contributed by atoms with Crippen LogP contribution in [-0.4, -0.2) is 32.1 Å².